The molecule has 4 rings (SSSR count). The molecular formula is C19H21ClN6O2S. The lowest BCUT2D eigenvalue weighted by Crippen LogP contribution is -2.37. The van der Waals surface area contributed by atoms with Crippen LogP contribution in [0.2, 0.25) is 5.02 Å². The fraction of sp³-hybridized carbons (Fsp3) is 0.316. The number of hydrogen-bond acceptors (Lipinski definition) is 6. The van der Waals surface area contributed by atoms with Crippen LogP contribution in [0.1, 0.15) is 12.0 Å². The molecule has 10 heteroatoms. The molecule has 29 heavy (non-hydrogen) atoms. The van der Waals surface area contributed by atoms with Crippen LogP contribution in [-0.2, 0) is 17.1 Å². The van der Waals surface area contributed by atoms with Crippen LogP contribution in [0.15, 0.2) is 47.8 Å². The van der Waals surface area contributed by atoms with Crippen LogP contribution < -0.4 is 9.62 Å². The van der Waals surface area contributed by atoms with E-state index in [2.05, 4.69) is 19.8 Å². The molecule has 0 amide bonds. The van der Waals surface area contributed by atoms with Gasteiger partial charge in [0.15, 0.2) is 0 Å². The number of benzene rings is 1. The van der Waals surface area contributed by atoms with Crippen molar-refractivity contribution in [2.75, 3.05) is 18.0 Å². The van der Waals surface area contributed by atoms with Crippen LogP contribution in [0.3, 0.4) is 0 Å². The van der Waals surface area contributed by atoms with Crippen molar-refractivity contribution in [1.82, 2.24) is 24.5 Å². The van der Waals surface area contributed by atoms with Crippen LogP contribution >= 0.6 is 11.6 Å². The maximum atomic E-state index is 12.8. The van der Waals surface area contributed by atoms with Gasteiger partial charge in [-0.1, -0.05) is 17.7 Å². The van der Waals surface area contributed by atoms with E-state index in [1.54, 1.807) is 29.2 Å². The Kier molecular flexibility index (Phi) is 5.28. The summed E-state index contributed by atoms with van der Waals surface area (Å²) < 4.78 is 30.0. The number of aryl methyl sites for hydroxylation is 2. The number of nitrogens with zero attached hydrogens (tertiary/aromatic N) is 5. The fourth-order valence-corrected chi connectivity index (χ4v) is 5.22. The van der Waals surface area contributed by atoms with E-state index in [4.69, 9.17) is 11.6 Å². The molecule has 1 aliphatic rings. The van der Waals surface area contributed by atoms with Crippen LogP contribution in [0.4, 0.5) is 5.95 Å². The van der Waals surface area contributed by atoms with Crippen molar-refractivity contribution < 1.29 is 8.42 Å². The highest BCUT2D eigenvalue weighted by molar-refractivity contribution is 7.89. The zero-order valence-corrected chi connectivity index (χ0v) is 17.7. The molecule has 0 spiro atoms. The summed E-state index contributed by atoms with van der Waals surface area (Å²) in [5.74, 6) is 0.571. The van der Waals surface area contributed by atoms with E-state index in [-0.39, 0.29) is 16.0 Å². The van der Waals surface area contributed by atoms with Crippen LogP contribution in [0.25, 0.3) is 11.3 Å². The Morgan fingerprint density at radius 2 is 2.10 bits per heavy atom. The number of halogens is 1. The lowest BCUT2D eigenvalue weighted by atomic mass is 10.2. The highest BCUT2D eigenvalue weighted by atomic mass is 35.5. The standard InChI is InChI=1S/C19H21ClN6O2S/c1-13-3-4-18(16(20)9-13)29(27,28)24-15-6-8-26(12-15)19-21-7-5-17(23-19)14-10-22-25(2)11-14/h3-5,7,9-11,15,24H,6,8,12H2,1-2H3. The molecule has 1 unspecified atom stereocenters. The van der Waals surface area contributed by atoms with E-state index in [0.717, 1.165) is 16.8 Å². The molecule has 0 aliphatic carbocycles. The quantitative estimate of drug-likeness (QED) is 0.665. The van der Waals surface area contributed by atoms with E-state index in [0.29, 0.717) is 25.5 Å². The number of nitrogens with one attached hydrogen (secondary N) is 1. The molecule has 0 saturated carbocycles. The monoisotopic (exact) mass is 432 g/mol. The van der Waals surface area contributed by atoms with E-state index in [1.165, 1.54) is 6.07 Å². The average molecular weight is 433 g/mol. The van der Waals surface area contributed by atoms with Crippen LogP contribution in [0.5, 0.6) is 0 Å². The summed E-state index contributed by atoms with van der Waals surface area (Å²) in [6.07, 6.45) is 5.99. The number of sulfonamides is 1. The minimum Gasteiger partial charge on any atom is -0.339 e. The summed E-state index contributed by atoms with van der Waals surface area (Å²) in [7, 11) is -1.86. The molecule has 2 aromatic heterocycles. The smallest absolute Gasteiger partial charge is 0.242 e. The van der Waals surface area contributed by atoms with Gasteiger partial charge in [0.05, 0.1) is 16.9 Å². The summed E-state index contributed by atoms with van der Waals surface area (Å²) in [4.78, 5) is 11.0. The maximum absolute atomic E-state index is 12.8. The molecule has 8 nitrogen and oxygen atoms in total. The van der Waals surface area contributed by atoms with Crippen molar-refractivity contribution in [2.45, 2.75) is 24.3 Å². The number of aromatic nitrogens is 4. The lowest BCUT2D eigenvalue weighted by molar-refractivity contribution is 0.561. The Morgan fingerprint density at radius 1 is 1.28 bits per heavy atom. The molecule has 1 aliphatic heterocycles. The Morgan fingerprint density at radius 3 is 2.83 bits per heavy atom. The average Bonchev–Trinajstić information content (AvgIpc) is 3.30. The van der Waals surface area contributed by atoms with Crippen molar-refractivity contribution >= 4 is 27.6 Å². The largest absolute Gasteiger partial charge is 0.339 e. The van der Waals surface area contributed by atoms with E-state index in [9.17, 15) is 8.42 Å². The number of anilines is 1. The van der Waals surface area contributed by atoms with Gasteiger partial charge in [0.25, 0.3) is 0 Å². The van der Waals surface area contributed by atoms with Gasteiger partial charge in [-0.25, -0.2) is 23.1 Å². The van der Waals surface area contributed by atoms with Crippen LogP contribution in [0, 0.1) is 6.92 Å². The summed E-state index contributed by atoms with van der Waals surface area (Å²) in [5, 5.41) is 4.39. The molecule has 3 aromatic rings. The van der Waals surface area contributed by atoms with Gasteiger partial charge in [0.1, 0.15) is 4.90 Å². The maximum Gasteiger partial charge on any atom is 0.242 e. The Balaban J connectivity index is 1.48. The van der Waals surface area contributed by atoms with Gasteiger partial charge in [-0.15, -0.1) is 0 Å². The molecule has 1 fully saturated rings. The van der Waals surface area contributed by atoms with Crippen molar-refractivity contribution in [3.8, 4) is 11.3 Å². The van der Waals surface area contributed by atoms with Gasteiger partial charge in [0, 0.05) is 44.1 Å². The minimum absolute atomic E-state index is 0.0954. The predicted molar refractivity (Wildman–Crippen MR) is 111 cm³/mol. The molecule has 3 heterocycles. The van der Waals surface area contributed by atoms with Gasteiger partial charge >= 0.3 is 0 Å². The third-order valence-corrected chi connectivity index (χ3v) is 6.82. The first-order chi connectivity index (χ1) is 13.8. The molecule has 1 N–H and O–H groups in total. The highest BCUT2D eigenvalue weighted by Gasteiger charge is 2.29. The van der Waals surface area contributed by atoms with Crippen molar-refractivity contribution in [3.05, 3.63) is 53.4 Å². The van der Waals surface area contributed by atoms with Gasteiger partial charge in [-0.2, -0.15) is 5.10 Å². The van der Waals surface area contributed by atoms with Gasteiger partial charge in [-0.05, 0) is 37.1 Å². The second-order valence-electron chi connectivity index (χ2n) is 7.13. The first kappa shape index (κ1) is 19.8. The Bertz CT molecular complexity index is 1150. The normalized spacial score (nSPS) is 17.1. The zero-order chi connectivity index (χ0) is 20.6. The predicted octanol–water partition coefficient (Wildman–Crippen LogP) is 2.40. The van der Waals surface area contributed by atoms with Crippen molar-refractivity contribution in [1.29, 1.82) is 0 Å². The van der Waals surface area contributed by atoms with Crippen molar-refractivity contribution in [3.63, 3.8) is 0 Å². The SMILES string of the molecule is Cc1ccc(S(=O)(=O)NC2CCN(c3nccc(-c4cnn(C)c4)n3)C2)c(Cl)c1. The second-order valence-corrected chi connectivity index (χ2v) is 9.22. The molecule has 1 atom stereocenters. The van der Waals surface area contributed by atoms with E-state index < -0.39 is 10.0 Å². The van der Waals surface area contributed by atoms with Gasteiger partial charge in [-0.3, -0.25) is 4.68 Å². The summed E-state index contributed by atoms with van der Waals surface area (Å²) >= 11 is 6.15. The topological polar surface area (TPSA) is 93.0 Å². The first-order valence-corrected chi connectivity index (χ1v) is 11.0. The van der Waals surface area contributed by atoms with Gasteiger partial charge in [0.2, 0.25) is 16.0 Å². The van der Waals surface area contributed by atoms with E-state index >= 15 is 0 Å². The molecule has 152 valence electrons. The molecule has 0 radical (unpaired) electrons. The number of rotatable bonds is 5. The third kappa shape index (κ3) is 4.26. The Hall–Kier alpha value is -2.49. The van der Waals surface area contributed by atoms with Crippen LogP contribution in [-0.4, -0.2) is 47.3 Å². The van der Waals surface area contributed by atoms with Gasteiger partial charge < -0.3 is 4.90 Å². The minimum atomic E-state index is -3.71. The second kappa shape index (κ2) is 7.74. The molecule has 0 bridgehead atoms. The third-order valence-electron chi connectivity index (χ3n) is 4.81. The molecule has 1 saturated heterocycles. The highest BCUT2D eigenvalue weighted by Crippen LogP contribution is 2.25. The summed E-state index contributed by atoms with van der Waals surface area (Å²) in [5.41, 5.74) is 2.59. The van der Waals surface area contributed by atoms with Crippen molar-refractivity contribution in [2.24, 2.45) is 7.05 Å². The fourth-order valence-electron chi connectivity index (χ4n) is 3.36. The Labute approximate surface area is 174 Å². The zero-order valence-electron chi connectivity index (χ0n) is 16.1. The first-order valence-electron chi connectivity index (χ1n) is 9.17. The summed E-state index contributed by atoms with van der Waals surface area (Å²) in [6.45, 7) is 3.01. The molecule has 1 aromatic carbocycles. The summed E-state index contributed by atoms with van der Waals surface area (Å²) in [6, 6.07) is 6.50. The lowest BCUT2D eigenvalue weighted by Gasteiger charge is -2.17. The van der Waals surface area contributed by atoms with E-state index in [1.807, 2.05) is 31.1 Å². The number of hydrogen-bond donors (Lipinski definition) is 1. The molecular weight excluding hydrogens is 412 g/mol.